The van der Waals surface area contributed by atoms with E-state index in [1.807, 2.05) is 31.2 Å². The number of aryl methyl sites for hydroxylation is 1. The molecule has 7 nitrogen and oxygen atoms in total. The molecule has 0 atom stereocenters. The molecule has 8 heteroatoms. The van der Waals surface area contributed by atoms with Crippen LogP contribution in [0.5, 0.6) is 5.75 Å². The summed E-state index contributed by atoms with van der Waals surface area (Å²) in [7, 11) is 1.52. The lowest BCUT2D eigenvalue weighted by molar-refractivity contribution is -0.123. The Morgan fingerprint density at radius 3 is 2.57 bits per heavy atom. The monoisotopic (exact) mass is 426 g/mol. The van der Waals surface area contributed by atoms with E-state index in [4.69, 9.17) is 9.47 Å². The maximum Gasteiger partial charge on any atom is 0.293 e. The largest absolute Gasteiger partial charge is 0.484 e. The van der Waals surface area contributed by atoms with Crippen molar-refractivity contribution in [2.24, 2.45) is 0 Å². The fourth-order valence-corrected chi connectivity index (χ4v) is 3.60. The number of hydrogen-bond acceptors (Lipinski definition) is 6. The van der Waals surface area contributed by atoms with Gasteiger partial charge in [-0.05, 0) is 54.1 Å². The van der Waals surface area contributed by atoms with Gasteiger partial charge in [0.25, 0.3) is 17.1 Å². The van der Waals surface area contributed by atoms with E-state index in [1.165, 1.54) is 12.0 Å². The number of benzene rings is 2. The lowest BCUT2D eigenvalue weighted by Crippen LogP contribution is -2.31. The number of imide groups is 1. The quantitative estimate of drug-likeness (QED) is 0.648. The summed E-state index contributed by atoms with van der Waals surface area (Å²) in [5.41, 5.74) is 2.48. The molecular formula is C22H22N2O5S. The highest BCUT2D eigenvalue weighted by Gasteiger charge is 2.34. The molecule has 0 spiro atoms. The number of amides is 3. The van der Waals surface area contributed by atoms with Crippen molar-refractivity contribution in [1.82, 2.24) is 4.90 Å². The first-order valence-electron chi connectivity index (χ1n) is 9.30. The number of nitrogens with one attached hydrogen (secondary N) is 1. The molecule has 0 aliphatic carbocycles. The third-order valence-corrected chi connectivity index (χ3v) is 5.27. The van der Waals surface area contributed by atoms with Crippen LogP contribution in [0.1, 0.15) is 11.1 Å². The van der Waals surface area contributed by atoms with E-state index >= 15 is 0 Å². The van der Waals surface area contributed by atoms with Crippen LogP contribution in [0.2, 0.25) is 0 Å². The van der Waals surface area contributed by atoms with Gasteiger partial charge >= 0.3 is 0 Å². The van der Waals surface area contributed by atoms with E-state index in [2.05, 4.69) is 5.32 Å². The Bertz CT molecular complexity index is 972. The van der Waals surface area contributed by atoms with Gasteiger partial charge in [0.2, 0.25) is 0 Å². The minimum Gasteiger partial charge on any atom is -0.484 e. The van der Waals surface area contributed by atoms with Crippen molar-refractivity contribution in [3.63, 3.8) is 0 Å². The van der Waals surface area contributed by atoms with Crippen LogP contribution >= 0.6 is 11.8 Å². The summed E-state index contributed by atoms with van der Waals surface area (Å²) in [5.74, 6) is -0.0476. The third kappa shape index (κ3) is 5.49. The first-order chi connectivity index (χ1) is 14.5. The highest BCUT2D eigenvalue weighted by atomic mass is 32.2. The molecular weight excluding hydrogens is 404 g/mol. The SMILES string of the molecule is COCCN1C(=O)S/C(=C\c2ccc(OCC(=O)Nc3ccccc3C)cc2)C1=O. The molecule has 1 aliphatic rings. The second kappa shape index (κ2) is 10.1. The molecule has 3 amide bonds. The van der Waals surface area contributed by atoms with Crippen molar-refractivity contribution in [1.29, 1.82) is 0 Å². The second-order valence-corrected chi connectivity index (χ2v) is 7.54. The predicted octanol–water partition coefficient (Wildman–Crippen LogP) is 3.70. The zero-order valence-corrected chi connectivity index (χ0v) is 17.5. The molecule has 1 heterocycles. The number of carbonyl (C=O) groups excluding carboxylic acids is 3. The summed E-state index contributed by atoms with van der Waals surface area (Å²) >= 11 is 0.906. The van der Waals surface area contributed by atoms with Crippen LogP contribution in [0.4, 0.5) is 10.5 Å². The molecule has 0 unspecified atom stereocenters. The fraction of sp³-hybridized carbons (Fsp3) is 0.227. The van der Waals surface area contributed by atoms with Gasteiger partial charge in [-0.1, -0.05) is 30.3 Å². The Morgan fingerprint density at radius 2 is 1.87 bits per heavy atom. The molecule has 2 aromatic rings. The molecule has 2 aromatic carbocycles. The molecule has 1 saturated heterocycles. The van der Waals surface area contributed by atoms with Crippen LogP contribution in [0.15, 0.2) is 53.4 Å². The number of nitrogens with zero attached hydrogens (tertiary/aromatic N) is 1. The van der Waals surface area contributed by atoms with Gasteiger partial charge in [-0.2, -0.15) is 0 Å². The summed E-state index contributed by atoms with van der Waals surface area (Å²) in [6.07, 6.45) is 1.66. The Hall–Kier alpha value is -3.10. The number of ether oxygens (including phenoxy) is 2. The molecule has 30 heavy (non-hydrogen) atoms. The lowest BCUT2D eigenvalue weighted by atomic mass is 10.2. The van der Waals surface area contributed by atoms with E-state index in [-0.39, 0.29) is 30.2 Å². The smallest absolute Gasteiger partial charge is 0.293 e. The number of thioether (sulfide) groups is 1. The zero-order valence-electron chi connectivity index (χ0n) is 16.7. The average molecular weight is 426 g/mol. The van der Waals surface area contributed by atoms with Crippen molar-refractivity contribution < 1.29 is 23.9 Å². The molecule has 1 fully saturated rings. The van der Waals surface area contributed by atoms with Crippen molar-refractivity contribution in [3.05, 3.63) is 64.6 Å². The normalized spacial score (nSPS) is 15.0. The lowest BCUT2D eigenvalue weighted by Gasteiger charge is -2.10. The summed E-state index contributed by atoms with van der Waals surface area (Å²) in [4.78, 5) is 37.9. The van der Waals surface area contributed by atoms with E-state index in [0.717, 1.165) is 28.6 Å². The molecule has 156 valence electrons. The minimum atomic E-state index is -0.324. The second-order valence-electron chi connectivity index (χ2n) is 6.55. The van der Waals surface area contributed by atoms with Crippen molar-refractivity contribution >= 4 is 40.6 Å². The summed E-state index contributed by atoms with van der Waals surface area (Å²) in [6.45, 7) is 2.33. The highest BCUT2D eigenvalue weighted by molar-refractivity contribution is 8.18. The van der Waals surface area contributed by atoms with Gasteiger partial charge in [-0.15, -0.1) is 0 Å². The molecule has 3 rings (SSSR count). The number of methoxy groups -OCH3 is 1. The van der Waals surface area contributed by atoms with Crippen LogP contribution in [-0.4, -0.2) is 48.8 Å². The van der Waals surface area contributed by atoms with Crippen molar-refractivity contribution in [3.8, 4) is 5.75 Å². The molecule has 0 bridgehead atoms. The van der Waals surface area contributed by atoms with Gasteiger partial charge in [0.15, 0.2) is 6.61 Å². The number of hydrogen-bond donors (Lipinski definition) is 1. The number of anilines is 1. The van der Waals surface area contributed by atoms with Crippen LogP contribution in [0, 0.1) is 6.92 Å². The molecule has 0 saturated carbocycles. The minimum absolute atomic E-state index is 0.119. The first kappa shape index (κ1) is 21.6. The zero-order chi connectivity index (χ0) is 21.5. The van der Waals surface area contributed by atoms with Gasteiger partial charge in [0, 0.05) is 12.8 Å². The molecule has 1 aliphatic heterocycles. The fourth-order valence-electron chi connectivity index (χ4n) is 2.74. The van der Waals surface area contributed by atoms with Crippen LogP contribution < -0.4 is 10.1 Å². The topological polar surface area (TPSA) is 84.9 Å². The standard InChI is InChI=1S/C22H22N2O5S/c1-15-5-3-4-6-18(15)23-20(25)14-29-17-9-7-16(8-10-17)13-19-21(26)24(11-12-28-2)22(27)30-19/h3-10,13H,11-12,14H2,1-2H3,(H,23,25)/b19-13-. The molecule has 1 N–H and O–H groups in total. The maximum absolute atomic E-state index is 12.3. The molecule has 0 aromatic heterocycles. The Balaban J connectivity index is 1.55. The Morgan fingerprint density at radius 1 is 1.13 bits per heavy atom. The number of para-hydroxylation sites is 1. The maximum atomic E-state index is 12.3. The third-order valence-electron chi connectivity index (χ3n) is 4.36. The predicted molar refractivity (Wildman–Crippen MR) is 116 cm³/mol. The summed E-state index contributed by atoms with van der Waals surface area (Å²) in [6, 6.07) is 14.5. The molecule has 0 radical (unpaired) electrons. The van der Waals surface area contributed by atoms with Gasteiger partial charge in [-0.3, -0.25) is 19.3 Å². The number of carbonyl (C=O) groups is 3. The van der Waals surface area contributed by atoms with Crippen molar-refractivity contribution in [2.45, 2.75) is 6.92 Å². The average Bonchev–Trinajstić information content (AvgIpc) is 3.00. The summed E-state index contributed by atoms with van der Waals surface area (Å²) < 4.78 is 10.5. The van der Waals surface area contributed by atoms with E-state index < -0.39 is 0 Å². The van der Waals surface area contributed by atoms with E-state index in [0.29, 0.717) is 17.3 Å². The van der Waals surface area contributed by atoms with Crippen LogP contribution in [0.25, 0.3) is 6.08 Å². The highest BCUT2D eigenvalue weighted by Crippen LogP contribution is 2.32. The Labute approximate surface area is 179 Å². The van der Waals surface area contributed by atoms with E-state index in [1.54, 1.807) is 30.3 Å². The van der Waals surface area contributed by atoms with Gasteiger partial charge in [0.05, 0.1) is 18.1 Å². The van der Waals surface area contributed by atoms with E-state index in [9.17, 15) is 14.4 Å². The van der Waals surface area contributed by atoms with Gasteiger partial charge < -0.3 is 14.8 Å². The van der Waals surface area contributed by atoms with Crippen molar-refractivity contribution in [2.75, 3.05) is 32.2 Å². The Kier molecular flexibility index (Phi) is 7.26. The first-order valence-corrected chi connectivity index (χ1v) is 10.1. The van der Waals surface area contributed by atoms with Gasteiger partial charge in [-0.25, -0.2) is 0 Å². The van der Waals surface area contributed by atoms with Crippen LogP contribution in [-0.2, 0) is 14.3 Å². The summed E-state index contributed by atoms with van der Waals surface area (Å²) in [5, 5.41) is 2.51. The van der Waals surface area contributed by atoms with Gasteiger partial charge in [0.1, 0.15) is 5.75 Å². The number of rotatable bonds is 8. The van der Waals surface area contributed by atoms with Crippen LogP contribution in [0.3, 0.4) is 0 Å².